The Morgan fingerprint density at radius 1 is 1.26 bits per heavy atom. The fourth-order valence-corrected chi connectivity index (χ4v) is 2.18. The number of nitrogens with one attached hydrogen (secondary N) is 1. The normalized spacial score (nSPS) is 12.2. The molecule has 0 aromatic heterocycles. The molecule has 0 bridgehead atoms. The Hall–Kier alpha value is -1.39. The van der Waals surface area contributed by atoms with Crippen LogP contribution in [0.4, 0.5) is 10.1 Å². The Labute approximate surface area is 121 Å². The Bertz CT molecular complexity index is 572. The van der Waals surface area contributed by atoms with Gasteiger partial charge in [-0.15, -0.1) is 0 Å². The van der Waals surface area contributed by atoms with E-state index in [0.717, 1.165) is 15.6 Å². The molecule has 2 nitrogen and oxygen atoms in total. The highest BCUT2D eigenvalue weighted by atomic mass is 79.9. The van der Waals surface area contributed by atoms with E-state index >= 15 is 0 Å². The Morgan fingerprint density at radius 3 is 2.63 bits per heavy atom. The molecule has 0 radical (unpaired) electrons. The zero-order valence-electron chi connectivity index (χ0n) is 10.7. The van der Waals surface area contributed by atoms with Crippen molar-refractivity contribution in [1.29, 1.82) is 0 Å². The molecule has 0 amide bonds. The lowest BCUT2D eigenvalue weighted by Gasteiger charge is -2.19. The molecule has 2 aromatic carbocycles. The Morgan fingerprint density at radius 2 is 2.00 bits per heavy atom. The van der Waals surface area contributed by atoms with Crippen LogP contribution < -0.4 is 11.1 Å². The number of hydrogen-bond acceptors (Lipinski definition) is 2. The first-order chi connectivity index (χ1) is 9.11. The van der Waals surface area contributed by atoms with Crippen LogP contribution in [0.5, 0.6) is 0 Å². The lowest BCUT2D eigenvalue weighted by Crippen LogP contribution is -2.21. The van der Waals surface area contributed by atoms with Gasteiger partial charge in [0.15, 0.2) is 0 Å². The number of rotatable bonds is 4. The second kappa shape index (κ2) is 6.17. The van der Waals surface area contributed by atoms with Crippen LogP contribution in [0.25, 0.3) is 0 Å². The van der Waals surface area contributed by atoms with Gasteiger partial charge >= 0.3 is 0 Å². The Balaban J connectivity index is 2.25. The van der Waals surface area contributed by atoms with Gasteiger partial charge in [0.1, 0.15) is 5.82 Å². The van der Waals surface area contributed by atoms with Crippen LogP contribution in [0.15, 0.2) is 46.9 Å². The second-order valence-electron chi connectivity index (χ2n) is 4.42. The second-order valence-corrected chi connectivity index (χ2v) is 5.28. The molecule has 3 N–H and O–H groups in total. The smallest absolute Gasteiger partial charge is 0.146 e. The highest BCUT2D eigenvalue weighted by Crippen LogP contribution is 2.24. The molecule has 100 valence electrons. The van der Waals surface area contributed by atoms with Crippen LogP contribution in [0.1, 0.15) is 17.2 Å². The van der Waals surface area contributed by atoms with E-state index in [1.165, 1.54) is 6.07 Å². The molecule has 0 aliphatic heterocycles. The number of benzene rings is 2. The molecular formula is C15H16BrFN2. The lowest BCUT2D eigenvalue weighted by atomic mass is 10.0. The summed E-state index contributed by atoms with van der Waals surface area (Å²) in [6.07, 6.45) is 0. The molecular weight excluding hydrogens is 307 g/mol. The van der Waals surface area contributed by atoms with Crippen LogP contribution in [0.3, 0.4) is 0 Å². The highest BCUT2D eigenvalue weighted by molar-refractivity contribution is 9.10. The third kappa shape index (κ3) is 3.33. The summed E-state index contributed by atoms with van der Waals surface area (Å²) in [4.78, 5) is 0. The van der Waals surface area contributed by atoms with Crippen LogP contribution in [-0.4, -0.2) is 6.54 Å². The van der Waals surface area contributed by atoms with Gasteiger partial charge in [0.25, 0.3) is 0 Å². The molecule has 0 aliphatic carbocycles. The van der Waals surface area contributed by atoms with Gasteiger partial charge in [-0.2, -0.15) is 0 Å². The van der Waals surface area contributed by atoms with E-state index in [-0.39, 0.29) is 11.9 Å². The average molecular weight is 323 g/mol. The molecule has 1 atom stereocenters. The van der Waals surface area contributed by atoms with Gasteiger partial charge in [-0.25, -0.2) is 4.39 Å². The number of hydrogen-bond donors (Lipinski definition) is 2. The lowest BCUT2D eigenvalue weighted by molar-refractivity contribution is 0.626. The summed E-state index contributed by atoms with van der Waals surface area (Å²) in [7, 11) is 0. The van der Waals surface area contributed by atoms with Crippen LogP contribution in [-0.2, 0) is 0 Å². The van der Waals surface area contributed by atoms with Crippen molar-refractivity contribution in [2.24, 2.45) is 5.73 Å². The molecule has 0 saturated heterocycles. The number of para-hydroxylation sites is 1. The molecule has 2 aromatic rings. The van der Waals surface area contributed by atoms with Gasteiger partial charge in [-0.05, 0) is 36.2 Å². The van der Waals surface area contributed by atoms with Crippen molar-refractivity contribution in [3.63, 3.8) is 0 Å². The third-order valence-corrected chi connectivity index (χ3v) is 3.91. The van der Waals surface area contributed by atoms with E-state index in [4.69, 9.17) is 5.73 Å². The summed E-state index contributed by atoms with van der Waals surface area (Å²) >= 11 is 3.47. The van der Waals surface area contributed by atoms with Crippen LogP contribution >= 0.6 is 15.9 Å². The van der Waals surface area contributed by atoms with Crippen molar-refractivity contribution in [3.05, 3.63) is 63.9 Å². The minimum Gasteiger partial charge on any atom is -0.375 e. The van der Waals surface area contributed by atoms with Gasteiger partial charge in [-0.3, -0.25) is 0 Å². The quantitative estimate of drug-likeness (QED) is 0.892. The zero-order chi connectivity index (χ0) is 13.8. The maximum Gasteiger partial charge on any atom is 0.146 e. The van der Waals surface area contributed by atoms with Crippen molar-refractivity contribution in [2.75, 3.05) is 11.9 Å². The topological polar surface area (TPSA) is 38.0 Å². The van der Waals surface area contributed by atoms with Gasteiger partial charge in [0.05, 0.1) is 11.7 Å². The maximum atomic E-state index is 13.6. The molecule has 0 heterocycles. The SMILES string of the molecule is Cc1cc(C(CN)Nc2ccccc2F)ccc1Br. The van der Waals surface area contributed by atoms with E-state index in [1.807, 2.05) is 19.1 Å². The number of nitrogens with two attached hydrogens (primary N) is 1. The summed E-state index contributed by atoms with van der Waals surface area (Å²) in [5, 5.41) is 3.14. The van der Waals surface area contributed by atoms with E-state index in [9.17, 15) is 4.39 Å². The van der Waals surface area contributed by atoms with Crippen molar-refractivity contribution >= 4 is 21.6 Å². The van der Waals surface area contributed by atoms with Crippen molar-refractivity contribution in [2.45, 2.75) is 13.0 Å². The van der Waals surface area contributed by atoms with Crippen molar-refractivity contribution in [3.8, 4) is 0 Å². The average Bonchev–Trinajstić information content (AvgIpc) is 2.41. The molecule has 2 rings (SSSR count). The monoisotopic (exact) mass is 322 g/mol. The fourth-order valence-electron chi connectivity index (χ4n) is 1.93. The summed E-state index contributed by atoms with van der Waals surface area (Å²) in [6.45, 7) is 2.42. The molecule has 19 heavy (non-hydrogen) atoms. The van der Waals surface area contributed by atoms with E-state index < -0.39 is 0 Å². The molecule has 0 spiro atoms. The first-order valence-corrected chi connectivity index (χ1v) is 6.88. The predicted molar refractivity (Wildman–Crippen MR) is 80.7 cm³/mol. The first kappa shape index (κ1) is 14.0. The minimum atomic E-state index is -0.269. The maximum absolute atomic E-state index is 13.6. The zero-order valence-corrected chi connectivity index (χ0v) is 12.2. The minimum absolute atomic E-state index is 0.108. The predicted octanol–water partition coefficient (Wildman–Crippen LogP) is 4.01. The molecule has 4 heteroatoms. The number of halogens is 2. The highest BCUT2D eigenvalue weighted by Gasteiger charge is 2.12. The van der Waals surface area contributed by atoms with E-state index in [2.05, 4.69) is 27.3 Å². The van der Waals surface area contributed by atoms with Gasteiger partial charge in [0, 0.05) is 11.0 Å². The summed E-state index contributed by atoms with van der Waals surface area (Å²) in [6, 6.07) is 12.5. The van der Waals surface area contributed by atoms with Crippen LogP contribution in [0.2, 0.25) is 0 Å². The van der Waals surface area contributed by atoms with Gasteiger partial charge in [0.2, 0.25) is 0 Å². The molecule has 1 unspecified atom stereocenters. The standard InChI is InChI=1S/C15H16BrFN2/c1-10-8-11(6-7-12(10)16)15(9-18)19-14-5-3-2-4-13(14)17/h2-8,15,19H,9,18H2,1H3. The van der Waals surface area contributed by atoms with Gasteiger partial charge in [-0.1, -0.05) is 40.2 Å². The number of aryl methyl sites for hydroxylation is 1. The summed E-state index contributed by atoms with van der Waals surface area (Å²) < 4.78 is 14.7. The largest absolute Gasteiger partial charge is 0.375 e. The van der Waals surface area contributed by atoms with Crippen LogP contribution in [0, 0.1) is 12.7 Å². The van der Waals surface area contributed by atoms with E-state index in [0.29, 0.717) is 12.2 Å². The van der Waals surface area contributed by atoms with Gasteiger partial charge < -0.3 is 11.1 Å². The summed E-state index contributed by atoms with van der Waals surface area (Å²) in [5.74, 6) is -0.269. The summed E-state index contributed by atoms with van der Waals surface area (Å²) in [5.41, 5.74) is 8.44. The Kier molecular flexibility index (Phi) is 4.56. The fraction of sp³-hybridized carbons (Fsp3) is 0.200. The van der Waals surface area contributed by atoms with Crippen molar-refractivity contribution in [1.82, 2.24) is 0 Å². The third-order valence-electron chi connectivity index (χ3n) is 3.02. The molecule has 0 saturated carbocycles. The molecule has 0 fully saturated rings. The number of anilines is 1. The van der Waals surface area contributed by atoms with E-state index in [1.54, 1.807) is 18.2 Å². The molecule has 0 aliphatic rings. The van der Waals surface area contributed by atoms with Crippen molar-refractivity contribution < 1.29 is 4.39 Å². The first-order valence-electron chi connectivity index (χ1n) is 6.09.